The molecule has 4 heteroatoms. The van der Waals surface area contributed by atoms with Crippen molar-refractivity contribution in [1.29, 1.82) is 0 Å². The first-order valence-corrected chi connectivity index (χ1v) is 7.80. The fourth-order valence-corrected chi connectivity index (χ4v) is 2.58. The molecule has 0 amide bonds. The van der Waals surface area contributed by atoms with Crippen LogP contribution in [0.3, 0.4) is 0 Å². The van der Waals surface area contributed by atoms with Crippen molar-refractivity contribution in [2.75, 3.05) is 0 Å². The maximum atomic E-state index is 12.7. The van der Waals surface area contributed by atoms with E-state index in [1.165, 1.54) is 4.57 Å². The Kier molecular flexibility index (Phi) is 3.97. The normalized spacial score (nSPS) is 11.5. The van der Waals surface area contributed by atoms with Crippen LogP contribution in [0.1, 0.15) is 36.7 Å². The number of hydrogen-bond donors (Lipinski definition) is 0. The molecule has 4 nitrogen and oxygen atoms in total. The number of nitrogens with zero attached hydrogens (tertiary/aromatic N) is 1. The predicted octanol–water partition coefficient (Wildman–Crippen LogP) is 4.66. The standard InChI is InChI=1S/C20H19NO3/c1-20(2,3)24-19(23)21-13-12-15-16(10-7-11-17(15)21)18(22)14-8-5-4-6-9-14/h4-13H,1-3H3. The number of ketones is 1. The van der Waals surface area contributed by atoms with Gasteiger partial charge in [0.05, 0.1) is 5.52 Å². The van der Waals surface area contributed by atoms with E-state index in [9.17, 15) is 9.59 Å². The van der Waals surface area contributed by atoms with Crippen molar-refractivity contribution in [2.45, 2.75) is 26.4 Å². The van der Waals surface area contributed by atoms with Gasteiger partial charge in [0.2, 0.25) is 0 Å². The molecule has 1 aromatic heterocycles. The van der Waals surface area contributed by atoms with Crippen LogP contribution in [-0.4, -0.2) is 22.0 Å². The SMILES string of the molecule is CC(C)(C)OC(=O)n1ccc2c(C(=O)c3ccccc3)cccc21. The van der Waals surface area contributed by atoms with Crippen LogP contribution in [-0.2, 0) is 4.74 Å². The summed E-state index contributed by atoms with van der Waals surface area (Å²) in [4.78, 5) is 25.1. The summed E-state index contributed by atoms with van der Waals surface area (Å²) >= 11 is 0. The fourth-order valence-electron chi connectivity index (χ4n) is 2.58. The Hall–Kier alpha value is -2.88. The summed E-state index contributed by atoms with van der Waals surface area (Å²) in [5.41, 5.74) is 1.27. The van der Waals surface area contributed by atoms with Crippen LogP contribution < -0.4 is 0 Å². The zero-order valence-corrected chi connectivity index (χ0v) is 13.9. The number of carbonyl (C=O) groups is 2. The van der Waals surface area contributed by atoms with Crippen molar-refractivity contribution < 1.29 is 14.3 Å². The van der Waals surface area contributed by atoms with Crippen molar-refractivity contribution in [1.82, 2.24) is 4.57 Å². The highest BCUT2D eigenvalue weighted by atomic mass is 16.6. The van der Waals surface area contributed by atoms with Crippen LogP contribution in [0.25, 0.3) is 10.9 Å². The van der Waals surface area contributed by atoms with Crippen LogP contribution in [0.15, 0.2) is 60.8 Å². The molecule has 122 valence electrons. The van der Waals surface area contributed by atoms with Crippen LogP contribution in [0.4, 0.5) is 4.79 Å². The minimum atomic E-state index is -0.578. The first-order valence-electron chi connectivity index (χ1n) is 7.80. The molecule has 2 aromatic carbocycles. The Morgan fingerprint density at radius 2 is 1.62 bits per heavy atom. The predicted molar refractivity (Wildman–Crippen MR) is 93.4 cm³/mol. The van der Waals surface area contributed by atoms with E-state index in [4.69, 9.17) is 4.74 Å². The number of carbonyl (C=O) groups excluding carboxylic acids is 2. The maximum absolute atomic E-state index is 12.7. The number of hydrogen-bond acceptors (Lipinski definition) is 3. The zero-order chi connectivity index (χ0) is 17.3. The molecule has 1 heterocycles. The Balaban J connectivity index is 2.04. The molecule has 0 aliphatic rings. The second-order valence-corrected chi connectivity index (χ2v) is 6.60. The maximum Gasteiger partial charge on any atom is 0.418 e. The lowest BCUT2D eigenvalue weighted by molar-refractivity contribution is 0.0544. The number of rotatable bonds is 2. The minimum absolute atomic E-state index is 0.0665. The highest BCUT2D eigenvalue weighted by molar-refractivity contribution is 6.16. The van der Waals surface area contributed by atoms with E-state index in [1.807, 2.05) is 39.0 Å². The zero-order valence-electron chi connectivity index (χ0n) is 13.9. The highest BCUT2D eigenvalue weighted by Crippen LogP contribution is 2.24. The van der Waals surface area contributed by atoms with E-state index in [2.05, 4.69) is 0 Å². The number of ether oxygens (including phenoxy) is 1. The van der Waals surface area contributed by atoms with Gasteiger partial charge in [0.25, 0.3) is 0 Å². The summed E-state index contributed by atoms with van der Waals surface area (Å²) in [6.07, 6.45) is 1.18. The molecule has 0 N–H and O–H groups in total. The monoisotopic (exact) mass is 321 g/mol. The summed E-state index contributed by atoms with van der Waals surface area (Å²) in [5, 5.41) is 0.734. The number of benzene rings is 2. The molecular weight excluding hydrogens is 302 g/mol. The van der Waals surface area contributed by atoms with E-state index in [0.29, 0.717) is 16.6 Å². The van der Waals surface area contributed by atoms with Gasteiger partial charge in [0, 0.05) is 22.7 Å². The molecule has 0 bridgehead atoms. The average molecular weight is 321 g/mol. The second-order valence-electron chi connectivity index (χ2n) is 6.60. The molecular formula is C20H19NO3. The lowest BCUT2D eigenvalue weighted by Gasteiger charge is -2.19. The molecule has 24 heavy (non-hydrogen) atoms. The quantitative estimate of drug-likeness (QED) is 0.645. The minimum Gasteiger partial charge on any atom is -0.443 e. The Labute approximate surface area is 140 Å². The topological polar surface area (TPSA) is 48.3 Å². The van der Waals surface area contributed by atoms with Crippen LogP contribution in [0, 0.1) is 0 Å². The molecule has 0 saturated heterocycles. The molecule has 0 aliphatic carbocycles. The second kappa shape index (κ2) is 5.96. The lowest BCUT2D eigenvalue weighted by Crippen LogP contribution is -2.26. The van der Waals surface area contributed by atoms with Gasteiger partial charge in [-0.05, 0) is 32.9 Å². The summed E-state index contributed by atoms with van der Waals surface area (Å²) in [7, 11) is 0. The van der Waals surface area contributed by atoms with Crippen LogP contribution in [0.5, 0.6) is 0 Å². The molecule has 0 atom stereocenters. The summed E-state index contributed by atoms with van der Waals surface area (Å²) in [5.74, 6) is -0.0665. The third kappa shape index (κ3) is 3.08. The first-order chi connectivity index (χ1) is 11.4. The van der Waals surface area contributed by atoms with Gasteiger partial charge in [0.1, 0.15) is 5.60 Å². The smallest absolute Gasteiger partial charge is 0.418 e. The van der Waals surface area contributed by atoms with E-state index in [1.54, 1.807) is 42.6 Å². The van der Waals surface area contributed by atoms with Gasteiger partial charge in [-0.2, -0.15) is 0 Å². The van der Waals surface area contributed by atoms with Gasteiger partial charge in [0.15, 0.2) is 5.78 Å². The average Bonchev–Trinajstić information content (AvgIpc) is 2.97. The van der Waals surface area contributed by atoms with E-state index >= 15 is 0 Å². The molecule has 0 radical (unpaired) electrons. The van der Waals surface area contributed by atoms with Crippen LogP contribution >= 0.6 is 0 Å². The summed E-state index contributed by atoms with van der Waals surface area (Å²) < 4.78 is 6.85. The van der Waals surface area contributed by atoms with Gasteiger partial charge in [-0.3, -0.25) is 9.36 Å². The number of fused-ring (bicyclic) bond motifs is 1. The van der Waals surface area contributed by atoms with Gasteiger partial charge < -0.3 is 4.74 Å². The van der Waals surface area contributed by atoms with Crippen molar-refractivity contribution in [2.24, 2.45) is 0 Å². The fraction of sp³-hybridized carbons (Fsp3) is 0.200. The largest absolute Gasteiger partial charge is 0.443 e. The summed E-state index contributed by atoms with van der Waals surface area (Å²) in [6, 6.07) is 16.2. The molecule has 0 spiro atoms. The van der Waals surface area contributed by atoms with Gasteiger partial charge in [-0.25, -0.2) is 4.79 Å². The molecule has 0 unspecified atom stereocenters. The van der Waals surface area contributed by atoms with Gasteiger partial charge >= 0.3 is 6.09 Å². The third-order valence-corrected chi connectivity index (χ3v) is 3.60. The molecule has 0 aliphatic heterocycles. The molecule has 0 fully saturated rings. The van der Waals surface area contributed by atoms with E-state index < -0.39 is 11.7 Å². The van der Waals surface area contributed by atoms with Crippen molar-refractivity contribution >= 4 is 22.8 Å². The van der Waals surface area contributed by atoms with E-state index in [0.717, 1.165) is 5.39 Å². The summed E-state index contributed by atoms with van der Waals surface area (Å²) in [6.45, 7) is 5.46. The Morgan fingerprint density at radius 3 is 2.29 bits per heavy atom. The Morgan fingerprint density at radius 1 is 0.917 bits per heavy atom. The third-order valence-electron chi connectivity index (χ3n) is 3.60. The van der Waals surface area contributed by atoms with Crippen molar-refractivity contribution in [3.8, 4) is 0 Å². The van der Waals surface area contributed by atoms with Gasteiger partial charge in [-0.15, -0.1) is 0 Å². The molecule has 3 rings (SSSR count). The molecule has 3 aromatic rings. The van der Waals surface area contributed by atoms with E-state index in [-0.39, 0.29) is 5.78 Å². The van der Waals surface area contributed by atoms with Crippen molar-refractivity contribution in [3.63, 3.8) is 0 Å². The first kappa shape index (κ1) is 16.0. The van der Waals surface area contributed by atoms with Gasteiger partial charge in [-0.1, -0.05) is 42.5 Å². The highest BCUT2D eigenvalue weighted by Gasteiger charge is 2.20. The number of aromatic nitrogens is 1. The van der Waals surface area contributed by atoms with Crippen molar-refractivity contribution in [3.05, 3.63) is 71.9 Å². The van der Waals surface area contributed by atoms with Crippen LogP contribution in [0.2, 0.25) is 0 Å². The molecule has 0 saturated carbocycles. The Bertz CT molecular complexity index is 902. The lowest BCUT2D eigenvalue weighted by atomic mass is 10.0.